The van der Waals surface area contributed by atoms with E-state index in [9.17, 15) is 18.0 Å². The molecule has 1 nitrogen and oxygen atoms in total. The second kappa shape index (κ2) is 4.79. The van der Waals surface area contributed by atoms with Crippen LogP contribution in [0.25, 0.3) is 0 Å². The molecule has 15 heavy (non-hydrogen) atoms. The fourth-order valence-corrected chi connectivity index (χ4v) is 1.62. The van der Waals surface area contributed by atoms with Crippen LogP contribution in [0.3, 0.4) is 0 Å². The van der Waals surface area contributed by atoms with Gasteiger partial charge in [0.15, 0.2) is 0 Å². The van der Waals surface area contributed by atoms with Crippen molar-refractivity contribution in [1.82, 2.24) is 0 Å². The van der Waals surface area contributed by atoms with Crippen molar-refractivity contribution in [3.8, 4) is 0 Å². The lowest BCUT2D eigenvalue weighted by Crippen LogP contribution is -2.04. The van der Waals surface area contributed by atoms with E-state index in [-0.39, 0.29) is 12.0 Å². The van der Waals surface area contributed by atoms with Gasteiger partial charge in [0.25, 0.3) is 0 Å². The molecule has 0 radical (unpaired) electrons. The van der Waals surface area contributed by atoms with Gasteiger partial charge in [-0.1, -0.05) is 6.92 Å². The number of halogens is 4. The minimum Gasteiger partial charge on any atom is -0.303 e. The number of carbonyl (C=O) groups excluding carboxylic acids is 1. The van der Waals surface area contributed by atoms with Gasteiger partial charge in [-0.3, -0.25) is 0 Å². The van der Waals surface area contributed by atoms with Crippen LogP contribution in [-0.2, 0) is 4.79 Å². The number of aldehydes is 1. The third kappa shape index (κ3) is 2.40. The molecule has 0 aliphatic heterocycles. The Morgan fingerprint density at radius 2 is 2.00 bits per heavy atom. The molecule has 0 spiro atoms. The van der Waals surface area contributed by atoms with Gasteiger partial charge in [-0.25, -0.2) is 13.2 Å². The normalized spacial score (nSPS) is 12.6. The maximum atomic E-state index is 13.5. The smallest absolute Gasteiger partial charge is 0.146 e. The molecule has 0 fully saturated rings. The monoisotopic (exact) mass is 280 g/mol. The van der Waals surface area contributed by atoms with E-state index < -0.39 is 27.8 Å². The zero-order chi connectivity index (χ0) is 11.6. The summed E-state index contributed by atoms with van der Waals surface area (Å²) in [6, 6.07) is 0.601. The Kier molecular flexibility index (Phi) is 3.90. The van der Waals surface area contributed by atoms with E-state index in [1.165, 1.54) is 6.92 Å². The molecule has 0 saturated heterocycles. The topological polar surface area (TPSA) is 17.1 Å². The van der Waals surface area contributed by atoms with E-state index in [4.69, 9.17) is 0 Å². The van der Waals surface area contributed by atoms with E-state index >= 15 is 0 Å². The summed E-state index contributed by atoms with van der Waals surface area (Å²) in [6.45, 7) is 1.50. The van der Waals surface area contributed by atoms with E-state index in [0.29, 0.717) is 12.4 Å². The van der Waals surface area contributed by atoms with Gasteiger partial charge in [-0.2, -0.15) is 0 Å². The van der Waals surface area contributed by atoms with Gasteiger partial charge in [0.2, 0.25) is 0 Å². The minimum atomic E-state index is -0.993. The van der Waals surface area contributed by atoms with Gasteiger partial charge in [-0.05, 0) is 21.8 Å². The highest BCUT2D eigenvalue weighted by Crippen LogP contribution is 2.31. The number of carbonyl (C=O) groups is 1. The summed E-state index contributed by atoms with van der Waals surface area (Å²) in [5.41, 5.74) is -0.268. The average molecular weight is 281 g/mol. The number of benzene rings is 1. The summed E-state index contributed by atoms with van der Waals surface area (Å²) in [7, 11) is 0. The summed E-state index contributed by atoms with van der Waals surface area (Å²) in [5.74, 6) is -3.56. The highest BCUT2D eigenvalue weighted by Gasteiger charge is 2.21. The van der Waals surface area contributed by atoms with Crippen LogP contribution in [0, 0.1) is 17.5 Å². The van der Waals surface area contributed by atoms with E-state index in [2.05, 4.69) is 15.9 Å². The Balaban J connectivity index is 3.28. The predicted octanol–water partition coefficient (Wildman–Crippen LogP) is 3.56. The summed E-state index contributed by atoms with van der Waals surface area (Å²) < 4.78 is 39.2. The lowest BCUT2D eigenvalue weighted by atomic mass is 9.97. The molecule has 0 bridgehead atoms. The lowest BCUT2D eigenvalue weighted by molar-refractivity contribution is -0.108. The minimum absolute atomic E-state index is 0.00802. The first kappa shape index (κ1) is 12.2. The molecule has 0 N–H and O–H groups in total. The number of hydrogen-bond donors (Lipinski definition) is 0. The molecule has 0 aliphatic carbocycles. The molecular formula is C10H8BrF3O. The van der Waals surface area contributed by atoms with Crippen LogP contribution >= 0.6 is 15.9 Å². The van der Waals surface area contributed by atoms with E-state index in [0.717, 1.165) is 0 Å². The summed E-state index contributed by atoms with van der Waals surface area (Å²) >= 11 is 2.68. The van der Waals surface area contributed by atoms with Crippen molar-refractivity contribution in [2.75, 3.05) is 0 Å². The predicted molar refractivity (Wildman–Crippen MR) is 53.1 cm³/mol. The van der Waals surface area contributed by atoms with Crippen molar-refractivity contribution in [1.29, 1.82) is 0 Å². The van der Waals surface area contributed by atoms with Crippen molar-refractivity contribution in [2.45, 2.75) is 19.3 Å². The SMILES string of the molecule is CC(CC=O)c1c(F)cc(F)c(Br)c1F. The molecule has 0 aliphatic rings. The molecule has 0 amide bonds. The molecular weight excluding hydrogens is 273 g/mol. The highest BCUT2D eigenvalue weighted by atomic mass is 79.9. The van der Waals surface area contributed by atoms with Crippen molar-refractivity contribution in [2.24, 2.45) is 0 Å². The van der Waals surface area contributed by atoms with Gasteiger partial charge in [0.1, 0.15) is 23.7 Å². The fraction of sp³-hybridized carbons (Fsp3) is 0.300. The van der Waals surface area contributed by atoms with Crippen LogP contribution in [0.15, 0.2) is 10.5 Å². The molecule has 1 aromatic rings. The van der Waals surface area contributed by atoms with Crippen LogP contribution in [0.4, 0.5) is 13.2 Å². The van der Waals surface area contributed by atoms with Gasteiger partial charge >= 0.3 is 0 Å². The molecule has 1 rings (SSSR count). The molecule has 1 atom stereocenters. The molecule has 1 aromatic carbocycles. The standard InChI is InChI=1S/C10H8BrF3O/c1-5(2-3-15)8-6(12)4-7(13)9(11)10(8)14/h3-5H,2H2,1H3. The third-order valence-corrected chi connectivity index (χ3v) is 2.82. The van der Waals surface area contributed by atoms with Gasteiger partial charge < -0.3 is 4.79 Å². The second-order valence-corrected chi connectivity index (χ2v) is 3.98. The van der Waals surface area contributed by atoms with Gasteiger partial charge in [0.05, 0.1) is 4.47 Å². The third-order valence-electron chi connectivity index (χ3n) is 2.09. The van der Waals surface area contributed by atoms with E-state index in [1.807, 2.05) is 0 Å². The van der Waals surface area contributed by atoms with Crippen LogP contribution in [0.1, 0.15) is 24.8 Å². The van der Waals surface area contributed by atoms with Crippen LogP contribution in [0.2, 0.25) is 0 Å². The molecule has 1 unspecified atom stereocenters. The first-order valence-electron chi connectivity index (χ1n) is 4.25. The Hall–Kier alpha value is -0.840. The van der Waals surface area contributed by atoms with Crippen molar-refractivity contribution < 1.29 is 18.0 Å². The number of rotatable bonds is 3. The highest BCUT2D eigenvalue weighted by molar-refractivity contribution is 9.10. The maximum absolute atomic E-state index is 13.5. The Bertz CT molecular complexity index is 393. The zero-order valence-electron chi connectivity index (χ0n) is 7.86. The Morgan fingerprint density at radius 3 is 2.53 bits per heavy atom. The molecule has 0 saturated carbocycles. The van der Waals surface area contributed by atoms with Gasteiger partial charge in [0, 0.05) is 18.1 Å². The van der Waals surface area contributed by atoms with Crippen LogP contribution < -0.4 is 0 Å². The Morgan fingerprint density at radius 1 is 1.40 bits per heavy atom. The average Bonchev–Trinajstić information content (AvgIpc) is 2.15. The first-order chi connectivity index (χ1) is 6.99. The molecule has 0 aromatic heterocycles. The molecule has 82 valence electrons. The number of hydrogen-bond acceptors (Lipinski definition) is 1. The van der Waals surface area contributed by atoms with Crippen molar-refractivity contribution >= 4 is 22.2 Å². The molecule has 5 heteroatoms. The van der Waals surface area contributed by atoms with Crippen molar-refractivity contribution in [3.63, 3.8) is 0 Å². The maximum Gasteiger partial charge on any atom is 0.146 e. The molecule has 0 heterocycles. The summed E-state index contributed by atoms with van der Waals surface area (Å²) in [4.78, 5) is 10.2. The second-order valence-electron chi connectivity index (χ2n) is 3.19. The van der Waals surface area contributed by atoms with Crippen molar-refractivity contribution in [3.05, 3.63) is 33.6 Å². The quantitative estimate of drug-likeness (QED) is 0.470. The van der Waals surface area contributed by atoms with Crippen LogP contribution in [0.5, 0.6) is 0 Å². The fourth-order valence-electron chi connectivity index (χ4n) is 1.29. The summed E-state index contributed by atoms with van der Waals surface area (Å²) in [6.07, 6.45) is 0.562. The van der Waals surface area contributed by atoms with Gasteiger partial charge in [-0.15, -0.1) is 0 Å². The Labute approximate surface area is 93.4 Å². The first-order valence-corrected chi connectivity index (χ1v) is 5.04. The zero-order valence-corrected chi connectivity index (χ0v) is 9.45. The van der Waals surface area contributed by atoms with Crippen LogP contribution in [-0.4, -0.2) is 6.29 Å². The summed E-state index contributed by atoms with van der Waals surface area (Å²) in [5, 5.41) is 0. The lowest BCUT2D eigenvalue weighted by Gasteiger charge is -2.12. The largest absolute Gasteiger partial charge is 0.303 e. The van der Waals surface area contributed by atoms with E-state index in [1.54, 1.807) is 0 Å².